The summed E-state index contributed by atoms with van der Waals surface area (Å²) in [5.41, 5.74) is 1.02. The summed E-state index contributed by atoms with van der Waals surface area (Å²) in [6, 6.07) is 12.5. The van der Waals surface area contributed by atoms with Crippen LogP contribution in [0.5, 0.6) is 0 Å². The monoisotopic (exact) mass is 413 g/mol. The number of aromatic nitrogens is 2. The molecule has 0 spiro atoms. The molecule has 0 bridgehead atoms. The molecule has 0 saturated carbocycles. The molecular weight excluding hydrogens is 389 g/mol. The number of anilines is 2. The molecule has 3 aromatic rings. The summed E-state index contributed by atoms with van der Waals surface area (Å²) in [6.07, 6.45) is 2.66. The van der Waals surface area contributed by atoms with E-state index in [0.29, 0.717) is 18.9 Å². The Labute approximate surface area is 173 Å². The van der Waals surface area contributed by atoms with E-state index >= 15 is 0 Å². The molecule has 29 heavy (non-hydrogen) atoms. The van der Waals surface area contributed by atoms with Crippen molar-refractivity contribution in [3.8, 4) is 0 Å². The van der Waals surface area contributed by atoms with E-state index < -0.39 is 0 Å². The molecule has 152 valence electrons. The van der Waals surface area contributed by atoms with E-state index in [9.17, 15) is 9.18 Å². The summed E-state index contributed by atoms with van der Waals surface area (Å²) in [6.45, 7) is 4.36. The summed E-state index contributed by atoms with van der Waals surface area (Å²) in [5.74, 6) is 0.458. The number of hydrogen-bond acceptors (Lipinski definition) is 5. The Morgan fingerprint density at radius 2 is 1.97 bits per heavy atom. The van der Waals surface area contributed by atoms with E-state index in [1.54, 1.807) is 17.5 Å². The van der Waals surface area contributed by atoms with Crippen LogP contribution in [-0.2, 0) is 11.3 Å². The fraction of sp³-hybridized carbons (Fsp3) is 0.333. The van der Waals surface area contributed by atoms with Gasteiger partial charge in [-0.3, -0.25) is 9.69 Å². The summed E-state index contributed by atoms with van der Waals surface area (Å²) >= 11 is 1.67. The standard InChI is InChI=1S/C21H24FN5OS/c22-17-4-6-18(7-5-17)26-11-2-10-25(12-13-26)16-21(28)24-20-8-9-23-27(20)15-19-3-1-14-29-19/h1,3-9,14H,2,10-13,15-16H2,(H,24,28). The molecule has 1 aliphatic rings. The lowest BCUT2D eigenvalue weighted by molar-refractivity contribution is -0.117. The van der Waals surface area contributed by atoms with E-state index in [4.69, 9.17) is 0 Å². The van der Waals surface area contributed by atoms with Gasteiger partial charge in [0.25, 0.3) is 0 Å². The zero-order chi connectivity index (χ0) is 20.1. The van der Waals surface area contributed by atoms with Gasteiger partial charge in [0.05, 0.1) is 19.3 Å². The summed E-state index contributed by atoms with van der Waals surface area (Å²) < 4.78 is 15.0. The second-order valence-electron chi connectivity index (χ2n) is 7.09. The van der Waals surface area contributed by atoms with Gasteiger partial charge in [0.2, 0.25) is 5.91 Å². The van der Waals surface area contributed by atoms with E-state index in [1.165, 1.54) is 17.0 Å². The Morgan fingerprint density at radius 3 is 2.76 bits per heavy atom. The van der Waals surface area contributed by atoms with Crippen LogP contribution in [0.3, 0.4) is 0 Å². The minimum Gasteiger partial charge on any atom is -0.370 e. The average molecular weight is 414 g/mol. The van der Waals surface area contributed by atoms with Crippen molar-refractivity contribution in [3.63, 3.8) is 0 Å². The quantitative estimate of drug-likeness (QED) is 0.674. The maximum Gasteiger partial charge on any atom is 0.239 e. The number of nitrogens with one attached hydrogen (secondary N) is 1. The second-order valence-corrected chi connectivity index (χ2v) is 8.13. The third kappa shape index (κ3) is 5.21. The molecule has 1 fully saturated rings. The maximum absolute atomic E-state index is 13.2. The molecule has 0 aliphatic carbocycles. The summed E-state index contributed by atoms with van der Waals surface area (Å²) in [5, 5.41) is 9.34. The summed E-state index contributed by atoms with van der Waals surface area (Å²) in [7, 11) is 0. The Kier molecular flexibility index (Phi) is 6.21. The van der Waals surface area contributed by atoms with Crippen molar-refractivity contribution >= 4 is 28.7 Å². The summed E-state index contributed by atoms with van der Waals surface area (Å²) in [4.78, 5) is 18.2. The number of hydrogen-bond donors (Lipinski definition) is 1. The minimum absolute atomic E-state index is 0.0341. The van der Waals surface area contributed by atoms with Crippen molar-refractivity contribution in [2.45, 2.75) is 13.0 Å². The topological polar surface area (TPSA) is 53.4 Å². The van der Waals surface area contributed by atoms with Crippen LogP contribution in [0.25, 0.3) is 0 Å². The smallest absolute Gasteiger partial charge is 0.239 e. The van der Waals surface area contributed by atoms with Gasteiger partial charge in [-0.1, -0.05) is 6.07 Å². The molecule has 1 amide bonds. The lowest BCUT2D eigenvalue weighted by atomic mass is 10.2. The minimum atomic E-state index is -0.222. The highest BCUT2D eigenvalue weighted by atomic mass is 32.1. The molecule has 6 nitrogen and oxygen atoms in total. The van der Waals surface area contributed by atoms with E-state index in [2.05, 4.69) is 26.3 Å². The number of amides is 1. The Balaban J connectivity index is 1.30. The molecular formula is C21H24FN5OS. The number of carbonyl (C=O) groups excluding carboxylic acids is 1. The van der Waals surface area contributed by atoms with Gasteiger partial charge >= 0.3 is 0 Å². The predicted molar refractivity (Wildman–Crippen MR) is 114 cm³/mol. The normalized spacial score (nSPS) is 15.3. The van der Waals surface area contributed by atoms with Crippen LogP contribution in [0, 0.1) is 5.82 Å². The van der Waals surface area contributed by atoms with E-state index in [1.807, 2.05) is 34.3 Å². The van der Waals surface area contributed by atoms with Gasteiger partial charge in [-0.25, -0.2) is 9.07 Å². The van der Waals surface area contributed by atoms with Gasteiger partial charge in [-0.2, -0.15) is 5.10 Å². The van der Waals surface area contributed by atoms with E-state index in [0.717, 1.165) is 38.3 Å². The zero-order valence-electron chi connectivity index (χ0n) is 16.1. The highest BCUT2D eigenvalue weighted by Gasteiger charge is 2.18. The van der Waals surface area contributed by atoms with Gasteiger partial charge in [-0.05, 0) is 42.1 Å². The fourth-order valence-electron chi connectivity index (χ4n) is 3.54. The number of carbonyl (C=O) groups is 1. The van der Waals surface area contributed by atoms with Gasteiger partial charge in [0.1, 0.15) is 11.6 Å². The zero-order valence-corrected chi connectivity index (χ0v) is 16.9. The lowest BCUT2D eigenvalue weighted by Gasteiger charge is -2.23. The number of nitrogens with zero attached hydrogens (tertiary/aromatic N) is 4. The van der Waals surface area contributed by atoms with Crippen LogP contribution in [-0.4, -0.2) is 53.3 Å². The highest BCUT2D eigenvalue weighted by Crippen LogP contribution is 2.17. The first-order chi connectivity index (χ1) is 14.2. The molecule has 2 aromatic heterocycles. The fourth-order valence-corrected chi connectivity index (χ4v) is 4.23. The van der Waals surface area contributed by atoms with Crippen LogP contribution >= 0.6 is 11.3 Å². The first kappa shape index (κ1) is 19.6. The Hall–Kier alpha value is -2.71. The Bertz CT molecular complexity index is 925. The third-order valence-electron chi connectivity index (χ3n) is 5.02. The van der Waals surface area contributed by atoms with E-state index in [-0.39, 0.29) is 11.7 Å². The second kappa shape index (κ2) is 9.19. The van der Waals surface area contributed by atoms with Gasteiger partial charge in [0.15, 0.2) is 0 Å². The van der Waals surface area contributed by atoms with Crippen molar-refractivity contribution in [3.05, 3.63) is 64.7 Å². The molecule has 8 heteroatoms. The number of rotatable bonds is 6. The average Bonchev–Trinajstić information content (AvgIpc) is 3.32. The van der Waals surface area contributed by atoms with Crippen LogP contribution in [0.15, 0.2) is 54.0 Å². The number of halogens is 1. The number of thiophene rings is 1. The van der Waals surface area contributed by atoms with Crippen LogP contribution < -0.4 is 10.2 Å². The van der Waals surface area contributed by atoms with Gasteiger partial charge in [-0.15, -0.1) is 11.3 Å². The molecule has 4 rings (SSSR count). The molecule has 0 atom stereocenters. The molecule has 1 N–H and O–H groups in total. The van der Waals surface area contributed by atoms with Crippen molar-refractivity contribution in [1.29, 1.82) is 0 Å². The number of benzene rings is 1. The first-order valence-electron chi connectivity index (χ1n) is 9.74. The lowest BCUT2D eigenvalue weighted by Crippen LogP contribution is -2.36. The molecule has 0 unspecified atom stereocenters. The SMILES string of the molecule is O=C(CN1CCCN(c2ccc(F)cc2)CC1)Nc1ccnn1Cc1cccs1. The largest absolute Gasteiger partial charge is 0.370 e. The highest BCUT2D eigenvalue weighted by molar-refractivity contribution is 7.09. The maximum atomic E-state index is 13.2. The molecule has 1 saturated heterocycles. The van der Waals surface area contributed by atoms with Crippen LogP contribution in [0.4, 0.5) is 15.9 Å². The van der Waals surface area contributed by atoms with Crippen molar-refractivity contribution in [2.24, 2.45) is 0 Å². The van der Waals surface area contributed by atoms with Crippen molar-refractivity contribution in [1.82, 2.24) is 14.7 Å². The van der Waals surface area contributed by atoms with Gasteiger partial charge in [0, 0.05) is 42.8 Å². The molecule has 0 radical (unpaired) electrons. The Morgan fingerprint density at radius 1 is 1.10 bits per heavy atom. The van der Waals surface area contributed by atoms with Crippen molar-refractivity contribution in [2.75, 3.05) is 42.9 Å². The first-order valence-corrected chi connectivity index (χ1v) is 10.6. The van der Waals surface area contributed by atoms with Gasteiger partial charge < -0.3 is 10.2 Å². The third-order valence-corrected chi connectivity index (χ3v) is 5.88. The van der Waals surface area contributed by atoms with Crippen LogP contribution in [0.2, 0.25) is 0 Å². The molecule has 3 heterocycles. The predicted octanol–water partition coefficient (Wildman–Crippen LogP) is 3.28. The molecule has 1 aromatic carbocycles. The van der Waals surface area contributed by atoms with Crippen LogP contribution in [0.1, 0.15) is 11.3 Å². The van der Waals surface area contributed by atoms with Crippen molar-refractivity contribution < 1.29 is 9.18 Å². The molecule has 1 aliphatic heterocycles.